The third-order valence-electron chi connectivity index (χ3n) is 4.11. The second-order valence-electron chi connectivity index (χ2n) is 6.26. The van der Waals surface area contributed by atoms with Gasteiger partial charge in [-0.25, -0.2) is 5.43 Å². The lowest BCUT2D eigenvalue weighted by molar-refractivity contribution is -0.384. The summed E-state index contributed by atoms with van der Waals surface area (Å²) >= 11 is 0. The maximum Gasteiger partial charge on any atom is 0.280 e. The molecule has 1 amide bonds. The Bertz CT molecular complexity index is 1010. The van der Waals surface area contributed by atoms with Crippen LogP contribution in [0.25, 0.3) is 11.3 Å². The van der Waals surface area contributed by atoms with Crippen molar-refractivity contribution in [1.29, 1.82) is 0 Å². The SMILES string of the molecule is Cc1ccc(-c2ccc(/C=N\NC(=O)CCc3ccccc3)o2)c([N+](=O)[O-])c1. The van der Waals surface area contributed by atoms with Crippen LogP contribution < -0.4 is 5.43 Å². The van der Waals surface area contributed by atoms with Crippen LogP contribution in [0.15, 0.2) is 70.2 Å². The summed E-state index contributed by atoms with van der Waals surface area (Å²) in [4.78, 5) is 22.7. The normalized spacial score (nSPS) is 10.9. The number of nitro groups is 1. The highest BCUT2D eigenvalue weighted by Gasteiger charge is 2.18. The first-order valence-electron chi connectivity index (χ1n) is 8.74. The number of amides is 1. The first-order valence-corrected chi connectivity index (χ1v) is 8.74. The third kappa shape index (κ3) is 4.91. The second-order valence-corrected chi connectivity index (χ2v) is 6.26. The lowest BCUT2D eigenvalue weighted by Gasteiger charge is -2.01. The van der Waals surface area contributed by atoms with Crippen molar-refractivity contribution in [2.45, 2.75) is 19.8 Å². The summed E-state index contributed by atoms with van der Waals surface area (Å²) in [6, 6.07) is 17.9. The number of rotatable bonds is 7. The van der Waals surface area contributed by atoms with Gasteiger partial charge in [-0.3, -0.25) is 14.9 Å². The van der Waals surface area contributed by atoms with E-state index in [2.05, 4.69) is 10.5 Å². The zero-order valence-electron chi connectivity index (χ0n) is 15.3. The number of carbonyl (C=O) groups is 1. The fraction of sp³-hybridized carbons (Fsp3) is 0.143. The van der Waals surface area contributed by atoms with Crippen molar-refractivity contribution in [3.63, 3.8) is 0 Å². The standard InChI is InChI=1S/C21H19N3O4/c1-15-7-10-18(19(13-15)24(26)27)20-11-9-17(28-20)14-22-23-21(25)12-8-16-5-3-2-4-6-16/h2-7,9-11,13-14H,8,12H2,1H3,(H,23,25)/b22-14-. The molecule has 1 heterocycles. The molecule has 3 rings (SSSR count). The number of hydrogen-bond acceptors (Lipinski definition) is 5. The molecule has 1 N–H and O–H groups in total. The Morgan fingerprint density at radius 1 is 1.18 bits per heavy atom. The summed E-state index contributed by atoms with van der Waals surface area (Å²) in [6.45, 7) is 1.79. The summed E-state index contributed by atoms with van der Waals surface area (Å²) in [7, 11) is 0. The monoisotopic (exact) mass is 377 g/mol. The highest BCUT2D eigenvalue weighted by atomic mass is 16.6. The van der Waals surface area contributed by atoms with Gasteiger partial charge >= 0.3 is 0 Å². The van der Waals surface area contributed by atoms with E-state index in [1.54, 1.807) is 31.2 Å². The molecule has 0 aliphatic heterocycles. The molecular weight excluding hydrogens is 358 g/mol. The van der Waals surface area contributed by atoms with Crippen LogP contribution in [0.3, 0.4) is 0 Å². The van der Waals surface area contributed by atoms with Gasteiger partial charge in [0, 0.05) is 12.5 Å². The van der Waals surface area contributed by atoms with E-state index in [0.717, 1.165) is 11.1 Å². The Labute approximate surface area is 161 Å². The van der Waals surface area contributed by atoms with Gasteiger partial charge in [0.05, 0.1) is 16.7 Å². The number of nitrogens with zero attached hydrogens (tertiary/aromatic N) is 2. The fourth-order valence-electron chi connectivity index (χ4n) is 2.69. The van der Waals surface area contributed by atoms with Gasteiger partial charge in [-0.15, -0.1) is 0 Å². The van der Waals surface area contributed by atoms with E-state index in [-0.39, 0.29) is 11.6 Å². The molecule has 0 aliphatic rings. The van der Waals surface area contributed by atoms with Crippen molar-refractivity contribution in [2.24, 2.45) is 5.10 Å². The Morgan fingerprint density at radius 2 is 1.96 bits per heavy atom. The summed E-state index contributed by atoms with van der Waals surface area (Å²) in [5.74, 6) is 0.540. The molecule has 0 saturated heterocycles. The van der Waals surface area contributed by atoms with Crippen LogP contribution in [-0.2, 0) is 11.2 Å². The van der Waals surface area contributed by atoms with Crippen LogP contribution in [0.1, 0.15) is 23.3 Å². The Balaban J connectivity index is 1.60. The number of aryl methyl sites for hydroxylation is 2. The molecule has 0 bridgehead atoms. The first-order chi connectivity index (χ1) is 13.5. The van der Waals surface area contributed by atoms with E-state index in [1.807, 2.05) is 30.3 Å². The molecular formula is C21H19N3O4. The second kappa shape index (κ2) is 8.77. The highest BCUT2D eigenvalue weighted by molar-refractivity contribution is 5.81. The molecule has 7 heteroatoms. The van der Waals surface area contributed by atoms with Gasteiger partial charge in [0.2, 0.25) is 5.91 Å². The average molecular weight is 377 g/mol. The molecule has 142 valence electrons. The van der Waals surface area contributed by atoms with Crippen molar-refractivity contribution < 1.29 is 14.1 Å². The van der Waals surface area contributed by atoms with Gasteiger partial charge in [0.25, 0.3) is 5.69 Å². The maximum absolute atomic E-state index is 11.9. The number of hydrogen-bond donors (Lipinski definition) is 1. The predicted octanol–water partition coefficient (Wildman–Crippen LogP) is 4.25. The molecule has 0 aliphatic carbocycles. The zero-order valence-corrected chi connectivity index (χ0v) is 15.3. The predicted molar refractivity (Wildman–Crippen MR) is 106 cm³/mol. The average Bonchev–Trinajstić information content (AvgIpc) is 3.16. The van der Waals surface area contributed by atoms with Crippen molar-refractivity contribution in [3.05, 3.63) is 87.7 Å². The van der Waals surface area contributed by atoms with E-state index in [1.165, 1.54) is 12.3 Å². The van der Waals surface area contributed by atoms with Crippen molar-refractivity contribution >= 4 is 17.8 Å². The molecule has 0 spiro atoms. The largest absolute Gasteiger partial charge is 0.455 e. The van der Waals surface area contributed by atoms with Gasteiger partial charge in [-0.1, -0.05) is 36.4 Å². The Kier molecular flexibility index (Phi) is 5.96. The minimum Gasteiger partial charge on any atom is -0.455 e. The lowest BCUT2D eigenvalue weighted by atomic mass is 10.1. The first kappa shape index (κ1) is 19.0. The molecule has 0 fully saturated rings. The maximum atomic E-state index is 11.9. The number of carbonyl (C=O) groups excluding carboxylic acids is 1. The summed E-state index contributed by atoms with van der Waals surface area (Å²) in [5.41, 5.74) is 4.69. The summed E-state index contributed by atoms with van der Waals surface area (Å²) in [5, 5.41) is 15.1. The molecule has 2 aromatic carbocycles. The van der Waals surface area contributed by atoms with E-state index in [0.29, 0.717) is 29.9 Å². The number of hydrazone groups is 1. The van der Waals surface area contributed by atoms with Crippen LogP contribution >= 0.6 is 0 Å². The van der Waals surface area contributed by atoms with E-state index >= 15 is 0 Å². The van der Waals surface area contributed by atoms with Gasteiger partial charge in [0.15, 0.2) is 0 Å². The topological polar surface area (TPSA) is 97.7 Å². The van der Waals surface area contributed by atoms with E-state index < -0.39 is 4.92 Å². The minimum atomic E-state index is -0.439. The van der Waals surface area contributed by atoms with Gasteiger partial charge in [-0.05, 0) is 42.7 Å². The Morgan fingerprint density at radius 3 is 2.71 bits per heavy atom. The lowest BCUT2D eigenvalue weighted by Crippen LogP contribution is -2.17. The summed E-state index contributed by atoms with van der Waals surface area (Å²) < 4.78 is 5.61. The zero-order chi connectivity index (χ0) is 19.9. The smallest absolute Gasteiger partial charge is 0.280 e. The van der Waals surface area contributed by atoms with Crippen LogP contribution in [0.2, 0.25) is 0 Å². The van der Waals surface area contributed by atoms with Crippen LogP contribution in [-0.4, -0.2) is 17.0 Å². The third-order valence-corrected chi connectivity index (χ3v) is 4.11. The van der Waals surface area contributed by atoms with Crippen LogP contribution in [0, 0.1) is 17.0 Å². The number of nitrogens with one attached hydrogen (secondary N) is 1. The number of furan rings is 1. The van der Waals surface area contributed by atoms with Gasteiger partial charge in [0.1, 0.15) is 11.5 Å². The number of nitro benzene ring substituents is 1. The molecule has 0 atom stereocenters. The van der Waals surface area contributed by atoms with Crippen LogP contribution in [0.4, 0.5) is 5.69 Å². The molecule has 3 aromatic rings. The van der Waals surface area contributed by atoms with E-state index in [4.69, 9.17) is 4.42 Å². The quantitative estimate of drug-likeness (QED) is 0.378. The van der Waals surface area contributed by atoms with Gasteiger partial charge in [-0.2, -0.15) is 5.10 Å². The number of benzene rings is 2. The molecule has 0 saturated carbocycles. The molecule has 7 nitrogen and oxygen atoms in total. The minimum absolute atomic E-state index is 0.0212. The van der Waals surface area contributed by atoms with Crippen molar-refractivity contribution in [3.8, 4) is 11.3 Å². The molecule has 1 aromatic heterocycles. The van der Waals surface area contributed by atoms with Crippen molar-refractivity contribution in [1.82, 2.24) is 5.43 Å². The van der Waals surface area contributed by atoms with E-state index in [9.17, 15) is 14.9 Å². The summed E-state index contributed by atoms with van der Waals surface area (Å²) in [6.07, 6.45) is 2.31. The van der Waals surface area contributed by atoms with Crippen LogP contribution in [0.5, 0.6) is 0 Å². The molecule has 0 radical (unpaired) electrons. The molecule has 0 unspecified atom stereocenters. The Hall–Kier alpha value is -3.74. The van der Waals surface area contributed by atoms with Crippen molar-refractivity contribution in [2.75, 3.05) is 0 Å². The fourth-order valence-corrected chi connectivity index (χ4v) is 2.69. The van der Waals surface area contributed by atoms with Gasteiger partial charge < -0.3 is 4.42 Å². The molecule has 28 heavy (non-hydrogen) atoms. The highest BCUT2D eigenvalue weighted by Crippen LogP contribution is 2.31.